The molecule has 1 aliphatic rings. The zero-order chi connectivity index (χ0) is 12.5. The minimum Gasteiger partial charge on any atom is -0.268 e. The molecule has 0 aliphatic carbocycles. The Morgan fingerprint density at radius 1 is 1.24 bits per heavy atom. The van der Waals surface area contributed by atoms with Gasteiger partial charge in [-0.3, -0.25) is 4.79 Å². The number of fused-ring (bicyclic) bond motifs is 1. The molecule has 0 N–H and O–H groups in total. The van der Waals surface area contributed by atoms with Gasteiger partial charge in [0.1, 0.15) is 4.90 Å². The van der Waals surface area contributed by atoms with Crippen LogP contribution >= 0.6 is 12.6 Å². The summed E-state index contributed by atoms with van der Waals surface area (Å²) in [5, 5.41) is 0. The third-order valence-corrected chi connectivity index (χ3v) is 4.47. The highest BCUT2D eigenvalue weighted by atomic mass is 32.2. The van der Waals surface area contributed by atoms with Crippen molar-refractivity contribution in [3.8, 4) is 0 Å². The van der Waals surface area contributed by atoms with Crippen LogP contribution in [0.25, 0.3) is 0 Å². The van der Waals surface area contributed by atoms with Gasteiger partial charge in [-0.25, -0.2) is 12.7 Å². The highest BCUT2D eigenvalue weighted by Crippen LogP contribution is 2.29. The largest absolute Gasteiger partial charge is 0.269 e. The predicted octanol–water partition coefficient (Wildman–Crippen LogP) is 1.32. The number of thiol groups is 1. The van der Waals surface area contributed by atoms with Crippen molar-refractivity contribution in [2.24, 2.45) is 0 Å². The number of hydrogen-bond donors (Lipinski definition) is 1. The van der Waals surface area contributed by atoms with E-state index in [0.29, 0.717) is 5.75 Å². The van der Waals surface area contributed by atoms with E-state index in [0.717, 1.165) is 4.31 Å². The molecule has 1 heterocycles. The summed E-state index contributed by atoms with van der Waals surface area (Å²) >= 11 is 3.97. The van der Waals surface area contributed by atoms with Crippen molar-refractivity contribution in [3.05, 3.63) is 42.0 Å². The number of rotatable bonds is 3. The molecule has 0 saturated heterocycles. The van der Waals surface area contributed by atoms with Crippen molar-refractivity contribution in [1.29, 1.82) is 0 Å². The molecule has 17 heavy (non-hydrogen) atoms. The number of amides is 1. The zero-order valence-corrected chi connectivity index (χ0v) is 10.6. The molecule has 4 nitrogen and oxygen atoms in total. The van der Waals surface area contributed by atoms with Crippen molar-refractivity contribution in [2.75, 3.05) is 12.3 Å². The molecule has 1 aromatic rings. The van der Waals surface area contributed by atoms with Crippen LogP contribution in [-0.2, 0) is 10.0 Å². The summed E-state index contributed by atoms with van der Waals surface area (Å²) in [6.07, 6.45) is 3.32. The lowest BCUT2D eigenvalue weighted by atomic mass is 10.2. The molecule has 0 spiro atoms. The van der Waals surface area contributed by atoms with Gasteiger partial charge in [-0.1, -0.05) is 24.3 Å². The molecule has 0 radical (unpaired) electrons. The number of carbonyl (C=O) groups excluding carboxylic acids is 1. The van der Waals surface area contributed by atoms with Crippen molar-refractivity contribution in [2.45, 2.75) is 4.90 Å². The first-order valence-corrected chi connectivity index (χ1v) is 7.08. The summed E-state index contributed by atoms with van der Waals surface area (Å²) in [4.78, 5) is 12.0. The van der Waals surface area contributed by atoms with Gasteiger partial charge in [0.05, 0.1) is 12.1 Å². The molecule has 0 aromatic heterocycles. The lowest BCUT2D eigenvalue weighted by Gasteiger charge is -2.11. The van der Waals surface area contributed by atoms with E-state index in [1.54, 1.807) is 24.3 Å². The summed E-state index contributed by atoms with van der Waals surface area (Å²) in [5.41, 5.74) is 0.242. The zero-order valence-electron chi connectivity index (χ0n) is 8.91. The fraction of sp³-hybridized carbons (Fsp3) is 0.182. The summed E-state index contributed by atoms with van der Waals surface area (Å²) in [6, 6.07) is 6.23. The monoisotopic (exact) mass is 269 g/mol. The molecule has 1 amide bonds. The van der Waals surface area contributed by atoms with Gasteiger partial charge in [0.2, 0.25) is 0 Å². The van der Waals surface area contributed by atoms with Crippen LogP contribution in [0.1, 0.15) is 10.4 Å². The maximum Gasteiger partial charge on any atom is 0.269 e. The van der Waals surface area contributed by atoms with Crippen LogP contribution in [0.5, 0.6) is 0 Å². The van der Waals surface area contributed by atoms with Crippen LogP contribution in [0.15, 0.2) is 41.3 Å². The average molecular weight is 269 g/mol. The summed E-state index contributed by atoms with van der Waals surface area (Å²) in [6.45, 7) is 0.0520. The average Bonchev–Trinajstić information content (AvgIpc) is 2.51. The van der Waals surface area contributed by atoms with E-state index in [2.05, 4.69) is 12.6 Å². The minimum absolute atomic E-state index is 0.0520. The Balaban J connectivity index is 2.41. The molecule has 1 aromatic carbocycles. The Morgan fingerprint density at radius 3 is 2.59 bits per heavy atom. The number of nitrogens with zero attached hydrogens (tertiary/aromatic N) is 1. The quantitative estimate of drug-likeness (QED) is 0.665. The van der Waals surface area contributed by atoms with Gasteiger partial charge >= 0.3 is 0 Å². The fourth-order valence-corrected chi connectivity index (χ4v) is 3.33. The number of benzene rings is 1. The SMILES string of the molecule is O=C1c2ccccc2S(=O)(=O)N1CC=CCS. The van der Waals surface area contributed by atoms with Crippen molar-refractivity contribution in [3.63, 3.8) is 0 Å². The molecule has 1 aliphatic heterocycles. The molecular weight excluding hydrogens is 258 g/mol. The van der Waals surface area contributed by atoms with Crippen LogP contribution in [0.2, 0.25) is 0 Å². The molecule has 0 atom stereocenters. The van der Waals surface area contributed by atoms with Gasteiger partial charge in [0.15, 0.2) is 0 Å². The maximum atomic E-state index is 12.0. The van der Waals surface area contributed by atoms with Crippen LogP contribution < -0.4 is 0 Å². The molecule has 0 saturated carbocycles. The van der Waals surface area contributed by atoms with Gasteiger partial charge in [-0.05, 0) is 12.1 Å². The van der Waals surface area contributed by atoms with E-state index >= 15 is 0 Å². The van der Waals surface area contributed by atoms with Crippen LogP contribution in [-0.4, -0.2) is 30.9 Å². The Kier molecular flexibility index (Phi) is 3.26. The molecule has 0 fully saturated rings. The molecular formula is C11H11NO3S2. The van der Waals surface area contributed by atoms with Crippen LogP contribution in [0.4, 0.5) is 0 Å². The molecule has 6 heteroatoms. The number of sulfonamides is 1. The minimum atomic E-state index is -3.67. The highest BCUT2D eigenvalue weighted by Gasteiger charge is 2.39. The van der Waals surface area contributed by atoms with Gasteiger partial charge in [0, 0.05) is 5.75 Å². The normalized spacial score (nSPS) is 17.7. The lowest BCUT2D eigenvalue weighted by molar-refractivity contribution is 0.0880. The van der Waals surface area contributed by atoms with Crippen LogP contribution in [0, 0.1) is 0 Å². The fourth-order valence-electron chi connectivity index (χ4n) is 1.66. The maximum absolute atomic E-state index is 12.0. The third kappa shape index (κ3) is 1.98. The topological polar surface area (TPSA) is 54.5 Å². The highest BCUT2D eigenvalue weighted by molar-refractivity contribution is 7.90. The van der Waals surface area contributed by atoms with Crippen molar-refractivity contribution < 1.29 is 13.2 Å². The third-order valence-electron chi connectivity index (χ3n) is 2.46. The van der Waals surface area contributed by atoms with Gasteiger partial charge in [-0.15, -0.1) is 0 Å². The molecule has 0 unspecified atom stereocenters. The Bertz CT molecular complexity index is 578. The molecule has 0 bridgehead atoms. The molecule has 90 valence electrons. The Morgan fingerprint density at radius 2 is 1.94 bits per heavy atom. The lowest BCUT2D eigenvalue weighted by Crippen LogP contribution is -2.30. The van der Waals surface area contributed by atoms with Gasteiger partial charge < -0.3 is 0 Å². The number of hydrogen-bond acceptors (Lipinski definition) is 4. The van der Waals surface area contributed by atoms with Gasteiger partial charge in [-0.2, -0.15) is 12.6 Å². The van der Waals surface area contributed by atoms with Crippen molar-refractivity contribution >= 4 is 28.6 Å². The summed E-state index contributed by atoms with van der Waals surface area (Å²) in [5.74, 6) is 0.0408. The van der Waals surface area contributed by atoms with E-state index in [-0.39, 0.29) is 17.0 Å². The smallest absolute Gasteiger partial charge is 0.268 e. The summed E-state index contributed by atoms with van der Waals surface area (Å²) in [7, 11) is -3.67. The second kappa shape index (κ2) is 4.54. The van der Waals surface area contributed by atoms with Crippen molar-refractivity contribution in [1.82, 2.24) is 4.31 Å². The van der Waals surface area contributed by atoms with Crippen LogP contribution in [0.3, 0.4) is 0 Å². The molecule has 2 rings (SSSR count). The van der Waals surface area contributed by atoms with Gasteiger partial charge in [0.25, 0.3) is 15.9 Å². The van der Waals surface area contributed by atoms with E-state index in [4.69, 9.17) is 0 Å². The van der Waals surface area contributed by atoms with E-state index < -0.39 is 15.9 Å². The second-order valence-corrected chi connectivity index (χ2v) is 5.69. The van der Waals surface area contributed by atoms with E-state index in [1.807, 2.05) is 0 Å². The predicted molar refractivity (Wildman–Crippen MR) is 67.7 cm³/mol. The second-order valence-electron chi connectivity index (χ2n) is 3.49. The number of carbonyl (C=O) groups is 1. The summed E-state index contributed by atoms with van der Waals surface area (Å²) < 4.78 is 25.0. The van der Waals surface area contributed by atoms with E-state index in [9.17, 15) is 13.2 Å². The first-order chi connectivity index (χ1) is 8.09. The standard InChI is InChI=1S/C11H11NO3S2/c13-11-9-5-1-2-6-10(9)17(14,15)12(11)7-3-4-8-16/h1-6,16H,7-8H2. The first-order valence-electron chi connectivity index (χ1n) is 5.01. The first kappa shape index (κ1) is 12.2. The van der Waals surface area contributed by atoms with E-state index in [1.165, 1.54) is 12.1 Å². The Hall–Kier alpha value is -1.27. The Labute approximate surface area is 105 Å².